The van der Waals surface area contributed by atoms with Crippen LogP contribution < -0.4 is 9.46 Å². The minimum Gasteiger partial charge on any atom is -0.497 e. The number of aromatic nitrogens is 3. The molecule has 2 aromatic heterocycles. The lowest BCUT2D eigenvalue weighted by Gasteiger charge is -2.12. The van der Waals surface area contributed by atoms with Crippen LogP contribution in [0.1, 0.15) is 11.1 Å². The number of pyridine rings is 1. The van der Waals surface area contributed by atoms with E-state index in [0.717, 1.165) is 16.5 Å². The predicted octanol–water partition coefficient (Wildman–Crippen LogP) is 3.41. The maximum Gasteiger partial charge on any atom is 0.263 e. The van der Waals surface area contributed by atoms with Gasteiger partial charge in [-0.05, 0) is 48.9 Å². The molecule has 0 saturated heterocycles. The molecule has 0 bridgehead atoms. The summed E-state index contributed by atoms with van der Waals surface area (Å²) < 4.78 is 34.7. The van der Waals surface area contributed by atoms with Crippen molar-refractivity contribution < 1.29 is 13.2 Å². The van der Waals surface area contributed by atoms with Crippen molar-refractivity contribution in [1.29, 1.82) is 5.26 Å². The average Bonchev–Trinajstić information content (AvgIpc) is 3.15. The molecule has 0 aliphatic carbocycles. The number of nitrogens with zero attached hydrogens (tertiary/aromatic N) is 4. The molecule has 150 valence electrons. The van der Waals surface area contributed by atoms with Crippen molar-refractivity contribution in [1.82, 2.24) is 14.8 Å². The van der Waals surface area contributed by atoms with Crippen LogP contribution in [0.2, 0.25) is 0 Å². The van der Waals surface area contributed by atoms with Crippen molar-refractivity contribution in [3.05, 3.63) is 71.9 Å². The Hall–Kier alpha value is -3.90. The molecule has 0 atom stereocenters. The molecule has 9 heteroatoms. The van der Waals surface area contributed by atoms with E-state index in [-0.39, 0.29) is 16.3 Å². The zero-order valence-electron chi connectivity index (χ0n) is 16.2. The van der Waals surface area contributed by atoms with Crippen molar-refractivity contribution in [2.24, 2.45) is 0 Å². The molecule has 0 aliphatic rings. The van der Waals surface area contributed by atoms with Gasteiger partial charge in [0.25, 0.3) is 10.0 Å². The summed E-state index contributed by atoms with van der Waals surface area (Å²) in [6.07, 6.45) is 1.30. The highest BCUT2D eigenvalue weighted by molar-refractivity contribution is 7.92. The maximum absolute atomic E-state index is 12.9. The van der Waals surface area contributed by atoms with E-state index in [2.05, 4.69) is 14.8 Å². The molecule has 0 saturated carbocycles. The van der Waals surface area contributed by atoms with Gasteiger partial charge in [0.05, 0.1) is 23.7 Å². The smallest absolute Gasteiger partial charge is 0.263 e. The van der Waals surface area contributed by atoms with E-state index in [1.807, 2.05) is 37.3 Å². The minimum absolute atomic E-state index is 0.0236. The Morgan fingerprint density at radius 3 is 2.57 bits per heavy atom. The quantitative estimate of drug-likeness (QED) is 0.531. The number of nitriles is 1. The molecule has 0 amide bonds. The summed E-state index contributed by atoms with van der Waals surface area (Å²) in [5, 5.41) is 14.6. The SMILES string of the molecule is COc1ccc(S(=O)(=O)Nc2c(C#N)cnn2-c2cc(C)c3ccccc3n2)cc1. The van der Waals surface area contributed by atoms with Gasteiger partial charge in [-0.1, -0.05) is 18.2 Å². The first-order valence-electron chi connectivity index (χ1n) is 8.94. The third-order valence-electron chi connectivity index (χ3n) is 4.62. The molecule has 1 N–H and O–H groups in total. The van der Waals surface area contributed by atoms with Gasteiger partial charge in [0.1, 0.15) is 17.4 Å². The van der Waals surface area contributed by atoms with E-state index in [1.54, 1.807) is 18.2 Å². The number of anilines is 1. The van der Waals surface area contributed by atoms with Crippen LogP contribution in [-0.4, -0.2) is 30.3 Å². The van der Waals surface area contributed by atoms with E-state index in [4.69, 9.17) is 4.74 Å². The Morgan fingerprint density at radius 1 is 1.13 bits per heavy atom. The second-order valence-corrected chi connectivity index (χ2v) is 8.21. The van der Waals surface area contributed by atoms with Gasteiger partial charge >= 0.3 is 0 Å². The Labute approximate surface area is 173 Å². The molecular formula is C21H17N5O3S. The molecule has 2 aromatic carbocycles. The largest absolute Gasteiger partial charge is 0.497 e. The van der Waals surface area contributed by atoms with Crippen LogP contribution in [0.15, 0.2) is 65.7 Å². The molecule has 2 heterocycles. The van der Waals surface area contributed by atoms with Gasteiger partial charge in [-0.25, -0.2) is 13.4 Å². The van der Waals surface area contributed by atoms with Gasteiger partial charge < -0.3 is 4.74 Å². The van der Waals surface area contributed by atoms with Crippen molar-refractivity contribution in [3.8, 4) is 17.6 Å². The fourth-order valence-corrected chi connectivity index (χ4v) is 4.15. The number of hydrogen-bond donors (Lipinski definition) is 1. The van der Waals surface area contributed by atoms with E-state index in [9.17, 15) is 13.7 Å². The van der Waals surface area contributed by atoms with Gasteiger partial charge in [0.2, 0.25) is 0 Å². The number of aryl methyl sites for hydroxylation is 1. The molecule has 30 heavy (non-hydrogen) atoms. The lowest BCUT2D eigenvalue weighted by atomic mass is 10.1. The summed E-state index contributed by atoms with van der Waals surface area (Å²) in [5.41, 5.74) is 1.78. The van der Waals surface area contributed by atoms with Gasteiger partial charge in [0.15, 0.2) is 11.6 Å². The highest BCUT2D eigenvalue weighted by atomic mass is 32.2. The van der Waals surface area contributed by atoms with Crippen molar-refractivity contribution in [3.63, 3.8) is 0 Å². The summed E-state index contributed by atoms with van der Waals surface area (Å²) in [6.45, 7) is 1.93. The molecule has 0 spiro atoms. The zero-order valence-corrected chi connectivity index (χ0v) is 17.0. The topological polar surface area (TPSA) is 110 Å². The normalized spacial score (nSPS) is 11.2. The molecule has 4 aromatic rings. The first-order valence-corrected chi connectivity index (χ1v) is 10.4. The van der Waals surface area contributed by atoms with Crippen LogP contribution in [0.3, 0.4) is 0 Å². The number of hydrogen-bond acceptors (Lipinski definition) is 6. The molecule has 0 radical (unpaired) electrons. The first-order chi connectivity index (χ1) is 14.4. The number of sulfonamides is 1. The third-order valence-corrected chi connectivity index (χ3v) is 5.97. The molecule has 4 rings (SSSR count). The van der Waals surface area contributed by atoms with Gasteiger partial charge in [-0.2, -0.15) is 15.0 Å². The second-order valence-electron chi connectivity index (χ2n) is 6.53. The van der Waals surface area contributed by atoms with E-state index in [1.165, 1.54) is 30.1 Å². The Morgan fingerprint density at radius 2 is 1.87 bits per heavy atom. The molecule has 0 aliphatic heterocycles. The summed E-state index contributed by atoms with van der Waals surface area (Å²) >= 11 is 0. The lowest BCUT2D eigenvalue weighted by molar-refractivity contribution is 0.414. The number of nitrogens with one attached hydrogen (secondary N) is 1. The fourth-order valence-electron chi connectivity index (χ4n) is 3.08. The summed E-state index contributed by atoms with van der Waals surface area (Å²) in [5.74, 6) is 0.961. The number of fused-ring (bicyclic) bond motifs is 1. The molecule has 0 fully saturated rings. The van der Waals surface area contributed by atoms with Crippen LogP contribution in [0.4, 0.5) is 5.82 Å². The van der Waals surface area contributed by atoms with Gasteiger partial charge in [-0.3, -0.25) is 4.72 Å². The standard InChI is InChI=1S/C21H17N5O3S/c1-14-11-20(24-19-6-4-3-5-18(14)19)26-21(15(12-22)13-23-26)25-30(27,28)17-9-7-16(29-2)8-10-17/h3-11,13,25H,1-2H3. The highest BCUT2D eigenvalue weighted by Gasteiger charge is 2.22. The number of rotatable bonds is 5. The molecule has 8 nitrogen and oxygen atoms in total. The maximum atomic E-state index is 12.9. The van der Waals surface area contributed by atoms with Crippen molar-refractivity contribution in [2.45, 2.75) is 11.8 Å². The Balaban J connectivity index is 1.80. The lowest BCUT2D eigenvalue weighted by Crippen LogP contribution is -2.17. The minimum atomic E-state index is -3.97. The van der Waals surface area contributed by atoms with Crippen LogP contribution in [0.25, 0.3) is 16.7 Å². The van der Waals surface area contributed by atoms with Gasteiger partial charge in [-0.15, -0.1) is 0 Å². The zero-order chi connectivity index (χ0) is 21.3. The number of methoxy groups -OCH3 is 1. The van der Waals surface area contributed by atoms with Crippen molar-refractivity contribution in [2.75, 3.05) is 11.8 Å². The van der Waals surface area contributed by atoms with Gasteiger partial charge in [0, 0.05) is 5.39 Å². The Bertz CT molecular complexity index is 1390. The summed E-state index contributed by atoms with van der Waals surface area (Å²) in [7, 11) is -2.47. The third kappa shape index (κ3) is 3.44. The second kappa shape index (κ2) is 7.50. The molecular weight excluding hydrogens is 402 g/mol. The van der Waals surface area contributed by atoms with Crippen LogP contribution >= 0.6 is 0 Å². The van der Waals surface area contributed by atoms with Crippen LogP contribution in [0, 0.1) is 18.3 Å². The number of benzene rings is 2. The number of ether oxygens (including phenoxy) is 1. The van der Waals surface area contributed by atoms with E-state index in [0.29, 0.717) is 11.6 Å². The predicted molar refractivity (Wildman–Crippen MR) is 112 cm³/mol. The summed E-state index contributed by atoms with van der Waals surface area (Å²) in [4.78, 5) is 4.61. The molecule has 0 unspecified atom stereocenters. The van der Waals surface area contributed by atoms with Crippen LogP contribution in [-0.2, 0) is 10.0 Å². The Kier molecular flexibility index (Phi) is 4.85. The van der Waals surface area contributed by atoms with Crippen LogP contribution in [0.5, 0.6) is 5.75 Å². The highest BCUT2D eigenvalue weighted by Crippen LogP contribution is 2.26. The summed E-state index contributed by atoms with van der Waals surface area (Å²) in [6, 6.07) is 17.3. The van der Waals surface area contributed by atoms with E-state index >= 15 is 0 Å². The van der Waals surface area contributed by atoms with E-state index < -0.39 is 10.0 Å². The fraction of sp³-hybridized carbons (Fsp3) is 0.0952. The van der Waals surface area contributed by atoms with Crippen molar-refractivity contribution >= 4 is 26.7 Å². The first kappa shape index (κ1) is 19.4. The number of para-hydroxylation sites is 1. The average molecular weight is 419 g/mol. The monoisotopic (exact) mass is 419 g/mol.